The molecule has 0 bridgehead atoms. The predicted octanol–water partition coefficient (Wildman–Crippen LogP) is 2.67. The third kappa shape index (κ3) is 7.10. The molecule has 1 saturated heterocycles. The highest BCUT2D eigenvalue weighted by Crippen LogP contribution is 2.22. The van der Waals surface area contributed by atoms with E-state index >= 15 is 0 Å². The van der Waals surface area contributed by atoms with Gasteiger partial charge in [0.2, 0.25) is 11.8 Å². The van der Waals surface area contributed by atoms with E-state index < -0.39 is 17.9 Å². The van der Waals surface area contributed by atoms with Gasteiger partial charge in [0, 0.05) is 36.7 Å². The lowest BCUT2D eigenvalue weighted by Crippen LogP contribution is -2.52. The maximum atomic E-state index is 13.3. The summed E-state index contributed by atoms with van der Waals surface area (Å²) in [4.78, 5) is 31.6. The van der Waals surface area contributed by atoms with Gasteiger partial charge in [-0.25, -0.2) is 9.37 Å². The van der Waals surface area contributed by atoms with Crippen molar-refractivity contribution in [1.29, 1.82) is 0 Å². The summed E-state index contributed by atoms with van der Waals surface area (Å²) in [5.41, 5.74) is 7.54. The van der Waals surface area contributed by atoms with Crippen molar-refractivity contribution in [2.45, 2.75) is 37.4 Å². The zero-order valence-electron chi connectivity index (χ0n) is 18.2. The van der Waals surface area contributed by atoms with Gasteiger partial charge in [-0.2, -0.15) is 0 Å². The Morgan fingerprint density at radius 2 is 2.00 bits per heavy atom. The smallest absolute Gasteiger partial charge is 0.241 e. The third-order valence-electron chi connectivity index (χ3n) is 5.60. The molecule has 5 N–H and O–H groups in total. The van der Waals surface area contributed by atoms with Crippen LogP contribution in [0.1, 0.15) is 19.3 Å². The van der Waals surface area contributed by atoms with Crippen LogP contribution >= 0.6 is 27.5 Å². The van der Waals surface area contributed by atoms with Crippen LogP contribution in [0.2, 0.25) is 5.02 Å². The lowest BCUT2D eigenvalue weighted by molar-refractivity contribution is -0.124. The molecule has 1 fully saturated rings. The molecule has 2 aromatic rings. The Bertz CT molecular complexity index is 989. The van der Waals surface area contributed by atoms with E-state index in [9.17, 15) is 14.0 Å². The minimum Gasteiger partial charge on any atom is -0.371 e. The summed E-state index contributed by atoms with van der Waals surface area (Å²) in [6.45, 7) is 1.61. The van der Waals surface area contributed by atoms with Gasteiger partial charge < -0.3 is 26.6 Å². The monoisotopic (exact) mass is 540 g/mol. The average molecular weight is 542 g/mol. The molecule has 1 aromatic carbocycles. The molecule has 1 aliphatic rings. The third-order valence-corrected chi connectivity index (χ3v) is 6.32. The number of benzene rings is 1. The Hall–Kier alpha value is -2.27. The van der Waals surface area contributed by atoms with Crippen LogP contribution in [0.4, 0.5) is 15.8 Å². The minimum atomic E-state index is -0.862. The number of nitrogens with two attached hydrogens (primary N) is 1. The summed E-state index contributed by atoms with van der Waals surface area (Å²) < 4.78 is 14.1. The number of carbonyl (C=O) groups excluding carboxylic acids is 2. The molecule has 2 unspecified atom stereocenters. The summed E-state index contributed by atoms with van der Waals surface area (Å²) >= 11 is 9.14. The van der Waals surface area contributed by atoms with E-state index in [1.54, 1.807) is 13.2 Å². The number of pyridine rings is 1. The summed E-state index contributed by atoms with van der Waals surface area (Å²) in [6, 6.07) is 6.29. The molecule has 2 atom stereocenters. The number of hydrogen-bond donors (Lipinski definition) is 4. The van der Waals surface area contributed by atoms with E-state index in [-0.39, 0.29) is 29.3 Å². The van der Waals surface area contributed by atoms with Crippen LogP contribution in [0.15, 0.2) is 41.1 Å². The van der Waals surface area contributed by atoms with Crippen LogP contribution in [0.25, 0.3) is 0 Å². The molecule has 33 heavy (non-hydrogen) atoms. The standard InChI is InChI=1S/C22H27BrClFN6O2/c1-27-19(22(33)30-14-2-3-17(25)16(24)10-14)12-18(26)21(32)29-13-5-8-31(9-6-13)15-4-7-28-20(23)11-15/h2-4,7,10-11,13,18-19,27H,5-6,8-9,12,26H2,1H3,(H,29,32)(H,30,33). The van der Waals surface area contributed by atoms with Crippen LogP contribution in [0.3, 0.4) is 0 Å². The van der Waals surface area contributed by atoms with Gasteiger partial charge in [-0.15, -0.1) is 0 Å². The first kappa shape index (κ1) is 25.4. The van der Waals surface area contributed by atoms with E-state index in [4.69, 9.17) is 17.3 Å². The molecule has 0 saturated carbocycles. The van der Waals surface area contributed by atoms with Gasteiger partial charge in [-0.1, -0.05) is 11.6 Å². The van der Waals surface area contributed by atoms with Crippen LogP contribution in [0.5, 0.6) is 0 Å². The van der Waals surface area contributed by atoms with Gasteiger partial charge in [-0.3, -0.25) is 9.59 Å². The van der Waals surface area contributed by atoms with E-state index in [1.807, 2.05) is 12.1 Å². The zero-order valence-corrected chi connectivity index (χ0v) is 20.5. The molecular formula is C22H27BrClFN6O2. The first-order valence-corrected chi connectivity index (χ1v) is 11.8. The number of carbonyl (C=O) groups is 2. The minimum absolute atomic E-state index is 0.0216. The number of rotatable bonds is 8. The average Bonchev–Trinajstić information content (AvgIpc) is 2.80. The van der Waals surface area contributed by atoms with Gasteiger partial charge in [0.1, 0.15) is 10.4 Å². The van der Waals surface area contributed by atoms with Gasteiger partial charge in [0.05, 0.1) is 17.1 Å². The van der Waals surface area contributed by atoms with Crippen molar-refractivity contribution in [3.05, 3.63) is 52.0 Å². The molecule has 178 valence electrons. The van der Waals surface area contributed by atoms with Crippen molar-refractivity contribution < 1.29 is 14.0 Å². The summed E-state index contributed by atoms with van der Waals surface area (Å²) in [5.74, 6) is -1.25. The Kier molecular flexibility index (Phi) is 9.02. The van der Waals surface area contributed by atoms with Crippen molar-refractivity contribution in [2.75, 3.05) is 30.4 Å². The Morgan fingerprint density at radius 3 is 2.64 bits per heavy atom. The normalized spacial score (nSPS) is 16.2. The topological polar surface area (TPSA) is 112 Å². The largest absolute Gasteiger partial charge is 0.371 e. The second-order valence-electron chi connectivity index (χ2n) is 7.91. The van der Waals surface area contributed by atoms with Crippen molar-refractivity contribution >= 4 is 50.7 Å². The van der Waals surface area contributed by atoms with Crippen LogP contribution in [0, 0.1) is 5.82 Å². The zero-order chi connectivity index (χ0) is 24.0. The SMILES string of the molecule is CNC(CC(N)C(=O)NC1CCN(c2ccnc(Br)c2)CC1)C(=O)Nc1ccc(F)c(Cl)c1. The maximum absolute atomic E-state index is 13.3. The molecule has 1 aliphatic heterocycles. The fourth-order valence-corrected chi connectivity index (χ4v) is 4.23. The van der Waals surface area contributed by atoms with Crippen molar-refractivity contribution in [2.24, 2.45) is 5.73 Å². The second kappa shape index (κ2) is 11.7. The number of amides is 2. The number of nitrogens with one attached hydrogen (secondary N) is 3. The van der Waals surface area contributed by atoms with Crippen molar-refractivity contribution in [1.82, 2.24) is 15.6 Å². The van der Waals surface area contributed by atoms with E-state index in [0.717, 1.165) is 36.2 Å². The quantitative estimate of drug-likeness (QED) is 0.382. The van der Waals surface area contributed by atoms with Gasteiger partial charge >= 0.3 is 0 Å². The highest BCUT2D eigenvalue weighted by atomic mass is 79.9. The van der Waals surface area contributed by atoms with E-state index in [1.165, 1.54) is 18.2 Å². The molecular weight excluding hydrogens is 515 g/mol. The highest BCUT2D eigenvalue weighted by Gasteiger charge is 2.27. The number of anilines is 2. The summed E-state index contributed by atoms with van der Waals surface area (Å²) in [7, 11) is 1.61. The Balaban J connectivity index is 1.47. The number of nitrogens with zero attached hydrogens (tertiary/aromatic N) is 2. The van der Waals surface area contributed by atoms with Crippen LogP contribution < -0.4 is 26.6 Å². The summed E-state index contributed by atoms with van der Waals surface area (Å²) in [6.07, 6.45) is 3.44. The van der Waals surface area contributed by atoms with Gasteiger partial charge in [-0.05, 0) is 72.6 Å². The van der Waals surface area contributed by atoms with Crippen LogP contribution in [-0.4, -0.2) is 55.1 Å². The highest BCUT2D eigenvalue weighted by molar-refractivity contribution is 9.10. The molecule has 3 rings (SSSR count). The molecule has 1 aromatic heterocycles. The number of likely N-dealkylation sites (N-methyl/N-ethyl adjacent to an activating group) is 1. The van der Waals surface area contributed by atoms with Crippen molar-refractivity contribution in [3.63, 3.8) is 0 Å². The number of piperidine rings is 1. The molecule has 8 nitrogen and oxygen atoms in total. The molecule has 11 heteroatoms. The van der Waals surface area contributed by atoms with Gasteiger partial charge in [0.25, 0.3) is 0 Å². The molecule has 0 aliphatic carbocycles. The fraction of sp³-hybridized carbons (Fsp3) is 0.409. The second-order valence-corrected chi connectivity index (χ2v) is 9.13. The lowest BCUT2D eigenvalue weighted by Gasteiger charge is -2.34. The Labute approximate surface area is 205 Å². The Morgan fingerprint density at radius 1 is 1.27 bits per heavy atom. The molecule has 2 heterocycles. The first-order chi connectivity index (χ1) is 15.8. The molecule has 0 spiro atoms. The predicted molar refractivity (Wildman–Crippen MR) is 131 cm³/mol. The molecule has 0 radical (unpaired) electrons. The fourth-order valence-electron chi connectivity index (χ4n) is 3.70. The number of aromatic nitrogens is 1. The number of halogens is 3. The molecule has 2 amide bonds. The lowest BCUT2D eigenvalue weighted by atomic mass is 10.0. The number of hydrogen-bond acceptors (Lipinski definition) is 6. The van der Waals surface area contributed by atoms with Crippen molar-refractivity contribution in [3.8, 4) is 0 Å². The van der Waals surface area contributed by atoms with Gasteiger partial charge in [0.15, 0.2) is 0 Å². The van der Waals surface area contributed by atoms with E-state index in [0.29, 0.717) is 5.69 Å². The van der Waals surface area contributed by atoms with E-state index in [2.05, 4.69) is 41.8 Å². The summed E-state index contributed by atoms with van der Waals surface area (Å²) in [5, 5.41) is 8.44. The maximum Gasteiger partial charge on any atom is 0.241 e. The van der Waals surface area contributed by atoms with Crippen LogP contribution in [-0.2, 0) is 9.59 Å². The first-order valence-electron chi connectivity index (χ1n) is 10.6.